The Kier molecular flexibility index (Phi) is 8.05. The Labute approximate surface area is 160 Å². The molecule has 1 fully saturated rings. The van der Waals surface area contributed by atoms with Crippen LogP contribution in [0.3, 0.4) is 0 Å². The van der Waals surface area contributed by atoms with Gasteiger partial charge in [-0.15, -0.1) is 0 Å². The van der Waals surface area contributed by atoms with E-state index in [2.05, 4.69) is 27.7 Å². The molecule has 1 aliphatic heterocycles. The van der Waals surface area contributed by atoms with Crippen LogP contribution in [0, 0.1) is 5.82 Å². The first-order chi connectivity index (χ1) is 12.8. The Morgan fingerprint density at radius 2 is 1.96 bits per heavy atom. The second-order valence-corrected chi connectivity index (χ2v) is 7.49. The zero-order valence-corrected chi connectivity index (χ0v) is 16.4. The molecule has 2 N–H and O–H groups in total. The summed E-state index contributed by atoms with van der Waals surface area (Å²) in [5, 5.41) is 0. The van der Waals surface area contributed by atoms with Gasteiger partial charge in [0, 0.05) is 12.1 Å². The lowest BCUT2D eigenvalue weighted by Crippen LogP contribution is -2.29. The lowest BCUT2D eigenvalue weighted by atomic mass is 10.1. The van der Waals surface area contributed by atoms with Crippen LogP contribution in [-0.4, -0.2) is 51.0 Å². The molecule has 1 aromatic carbocycles. The molecule has 0 bridgehead atoms. The summed E-state index contributed by atoms with van der Waals surface area (Å²) in [6, 6.07) is 1.82. The minimum Gasteiger partial charge on any atom is -0.493 e. The van der Waals surface area contributed by atoms with Gasteiger partial charge in [0.1, 0.15) is 5.82 Å². The highest BCUT2D eigenvalue weighted by Crippen LogP contribution is 2.36. The van der Waals surface area contributed by atoms with Crippen molar-refractivity contribution in [3.63, 3.8) is 0 Å². The fourth-order valence-corrected chi connectivity index (χ4v) is 3.09. The summed E-state index contributed by atoms with van der Waals surface area (Å²) < 4.78 is 79.8. The molecule has 28 heavy (non-hydrogen) atoms. The summed E-state index contributed by atoms with van der Waals surface area (Å²) >= 11 is 0. The summed E-state index contributed by atoms with van der Waals surface area (Å²) in [6.45, 7) is 7.12. The molecule has 1 aliphatic rings. The Balaban J connectivity index is 0.000000406. The number of benzene rings is 1. The molecule has 1 aromatic rings. The van der Waals surface area contributed by atoms with Crippen molar-refractivity contribution >= 4 is 16.0 Å². The number of ether oxygens (including phenoxy) is 1. The van der Waals surface area contributed by atoms with Crippen molar-refractivity contribution in [3.05, 3.63) is 23.5 Å². The SMILES string of the molecule is CCN1CCCC1C.COc1cc(F)cc(C(N)=O)c1OS(=O)(=O)C(F)(F)F. The predicted octanol–water partition coefficient (Wildman–Crippen LogP) is 2.65. The van der Waals surface area contributed by atoms with E-state index in [0.717, 1.165) is 13.2 Å². The fourth-order valence-electron chi connectivity index (χ4n) is 2.61. The van der Waals surface area contributed by atoms with E-state index in [1.807, 2.05) is 0 Å². The summed E-state index contributed by atoms with van der Waals surface area (Å²) in [7, 11) is -5.15. The maximum Gasteiger partial charge on any atom is 0.534 e. The van der Waals surface area contributed by atoms with E-state index in [0.29, 0.717) is 12.1 Å². The van der Waals surface area contributed by atoms with Gasteiger partial charge in [-0.1, -0.05) is 6.92 Å². The van der Waals surface area contributed by atoms with Gasteiger partial charge >= 0.3 is 15.6 Å². The molecule has 1 amide bonds. The van der Waals surface area contributed by atoms with Gasteiger partial charge in [0.05, 0.1) is 12.7 Å². The van der Waals surface area contributed by atoms with E-state index in [1.165, 1.54) is 25.9 Å². The number of methoxy groups -OCH3 is 1. The monoisotopic (exact) mass is 430 g/mol. The molecule has 0 saturated carbocycles. The topological polar surface area (TPSA) is 98.9 Å². The molecule has 0 radical (unpaired) electrons. The van der Waals surface area contributed by atoms with Crippen LogP contribution in [-0.2, 0) is 10.1 Å². The van der Waals surface area contributed by atoms with E-state index < -0.39 is 44.4 Å². The van der Waals surface area contributed by atoms with Crippen LogP contribution >= 0.6 is 0 Å². The van der Waals surface area contributed by atoms with E-state index in [1.54, 1.807) is 0 Å². The van der Waals surface area contributed by atoms with Crippen LogP contribution in [0.15, 0.2) is 12.1 Å². The first kappa shape index (κ1) is 24.0. The van der Waals surface area contributed by atoms with Crippen LogP contribution < -0.4 is 14.7 Å². The van der Waals surface area contributed by atoms with Gasteiger partial charge in [-0.2, -0.15) is 21.6 Å². The molecular weight excluding hydrogens is 408 g/mol. The van der Waals surface area contributed by atoms with E-state index in [4.69, 9.17) is 5.73 Å². The van der Waals surface area contributed by atoms with Gasteiger partial charge in [-0.05, 0) is 38.9 Å². The van der Waals surface area contributed by atoms with Gasteiger partial charge in [0.2, 0.25) is 0 Å². The Morgan fingerprint density at radius 1 is 1.36 bits per heavy atom. The molecule has 1 heterocycles. The van der Waals surface area contributed by atoms with Crippen molar-refractivity contribution in [2.75, 3.05) is 20.2 Å². The molecule has 1 unspecified atom stereocenters. The van der Waals surface area contributed by atoms with Gasteiger partial charge in [0.25, 0.3) is 5.91 Å². The molecule has 7 nitrogen and oxygen atoms in total. The largest absolute Gasteiger partial charge is 0.534 e. The summed E-state index contributed by atoms with van der Waals surface area (Å²) in [5.74, 6) is -4.34. The van der Waals surface area contributed by atoms with Gasteiger partial charge in [-0.3, -0.25) is 4.79 Å². The van der Waals surface area contributed by atoms with Gasteiger partial charge < -0.3 is 19.6 Å². The molecule has 1 atom stereocenters. The van der Waals surface area contributed by atoms with Gasteiger partial charge in [0.15, 0.2) is 11.5 Å². The number of nitrogens with zero attached hydrogens (tertiary/aromatic N) is 1. The number of carbonyl (C=O) groups is 1. The number of alkyl halides is 3. The minimum atomic E-state index is -6.06. The van der Waals surface area contributed by atoms with Crippen molar-refractivity contribution in [1.29, 1.82) is 0 Å². The normalized spacial score (nSPS) is 17.6. The number of nitrogens with two attached hydrogens (primary N) is 1. The van der Waals surface area contributed by atoms with Crippen molar-refractivity contribution in [3.8, 4) is 11.5 Å². The number of carbonyl (C=O) groups excluding carboxylic acids is 1. The highest BCUT2D eigenvalue weighted by molar-refractivity contribution is 7.88. The molecule has 0 aromatic heterocycles. The van der Waals surface area contributed by atoms with Crippen molar-refractivity contribution in [2.24, 2.45) is 5.73 Å². The number of rotatable bonds is 5. The lowest BCUT2D eigenvalue weighted by Gasteiger charge is -2.17. The molecule has 0 spiro atoms. The predicted molar refractivity (Wildman–Crippen MR) is 93.0 cm³/mol. The lowest BCUT2D eigenvalue weighted by molar-refractivity contribution is -0.0500. The van der Waals surface area contributed by atoms with Crippen molar-refractivity contribution < 1.29 is 39.7 Å². The quantitative estimate of drug-likeness (QED) is 0.438. The second kappa shape index (κ2) is 9.41. The number of halogens is 4. The Bertz CT molecular complexity index is 799. The van der Waals surface area contributed by atoms with E-state index in [9.17, 15) is 30.8 Å². The van der Waals surface area contributed by atoms with Gasteiger partial charge in [-0.25, -0.2) is 4.39 Å². The van der Waals surface area contributed by atoms with Crippen LogP contribution in [0.25, 0.3) is 0 Å². The second-order valence-electron chi connectivity index (χ2n) is 5.95. The summed E-state index contributed by atoms with van der Waals surface area (Å²) in [5.41, 5.74) is -1.82. The smallest absolute Gasteiger partial charge is 0.493 e. The van der Waals surface area contributed by atoms with Crippen LogP contribution in [0.5, 0.6) is 11.5 Å². The molecule has 2 rings (SSSR count). The third-order valence-corrected chi connectivity index (χ3v) is 5.03. The van der Waals surface area contributed by atoms with Crippen LogP contribution in [0.1, 0.15) is 37.0 Å². The zero-order valence-electron chi connectivity index (χ0n) is 15.5. The van der Waals surface area contributed by atoms with Crippen molar-refractivity contribution in [2.45, 2.75) is 38.2 Å². The standard InChI is InChI=1S/C9H7F4NO5S.C7H15N/c1-18-6-3-4(10)2-5(8(14)15)7(6)19-20(16,17)9(11,12)13;1-3-8-6-4-5-7(8)2/h2-3H,1H3,(H2,14,15);7H,3-6H2,1-2H3. The van der Waals surface area contributed by atoms with Crippen LogP contribution in [0.4, 0.5) is 17.6 Å². The average Bonchev–Trinajstić information content (AvgIpc) is 3.00. The fraction of sp³-hybridized carbons (Fsp3) is 0.562. The third-order valence-electron chi connectivity index (χ3n) is 4.08. The molecule has 0 aliphatic carbocycles. The highest BCUT2D eigenvalue weighted by atomic mass is 32.2. The highest BCUT2D eigenvalue weighted by Gasteiger charge is 2.49. The Hall–Kier alpha value is -2.08. The van der Waals surface area contributed by atoms with Crippen molar-refractivity contribution in [1.82, 2.24) is 4.90 Å². The maximum atomic E-state index is 13.1. The number of hydrogen-bond acceptors (Lipinski definition) is 6. The molecular formula is C16H22F4N2O5S. The number of likely N-dealkylation sites (tertiary alicyclic amines) is 1. The molecule has 160 valence electrons. The Morgan fingerprint density at radius 3 is 2.32 bits per heavy atom. The zero-order chi connectivity index (χ0) is 21.7. The van der Waals surface area contributed by atoms with E-state index in [-0.39, 0.29) is 0 Å². The average molecular weight is 430 g/mol. The first-order valence-corrected chi connectivity index (χ1v) is 9.67. The third kappa shape index (κ3) is 5.96. The number of amides is 1. The molecule has 12 heteroatoms. The number of hydrogen-bond donors (Lipinski definition) is 1. The summed E-state index contributed by atoms with van der Waals surface area (Å²) in [4.78, 5) is 13.5. The van der Waals surface area contributed by atoms with E-state index >= 15 is 0 Å². The maximum absolute atomic E-state index is 13.1. The molecule has 1 saturated heterocycles. The minimum absolute atomic E-state index is 0.423. The van der Waals surface area contributed by atoms with Crippen LogP contribution in [0.2, 0.25) is 0 Å². The first-order valence-electron chi connectivity index (χ1n) is 8.26. The number of primary amides is 1. The summed E-state index contributed by atoms with van der Waals surface area (Å²) in [6.07, 6.45) is 2.82.